The number of thioether (sulfide) groups is 1. The van der Waals surface area contributed by atoms with Crippen LogP contribution in [0.5, 0.6) is 0 Å². The zero-order valence-corrected chi connectivity index (χ0v) is 19.9. The summed E-state index contributed by atoms with van der Waals surface area (Å²) in [7, 11) is 0. The van der Waals surface area contributed by atoms with E-state index in [2.05, 4.69) is 20.8 Å². The molecule has 2 aliphatic heterocycles. The lowest BCUT2D eigenvalue weighted by atomic mass is 10.0. The van der Waals surface area contributed by atoms with Gasteiger partial charge in [-0.15, -0.1) is 16.9 Å². The van der Waals surface area contributed by atoms with Gasteiger partial charge in [0.25, 0.3) is 5.91 Å². The first kappa shape index (κ1) is 24.2. The van der Waals surface area contributed by atoms with Crippen LogP contribution in [-0.4, -0.2) is 71.1 Å². The number of nitrogens with zero attached hydrogens (tertiary/aromatic N) is 5. The fourth-order valence-electron chi connectivity index (χ4n) is 4.14. The summed E-state index contributed by atoms with van der Waals surface area (Å²) < 4.78 is 7.05. The molecule has 13 heteroatoms. The van der Waals surface area contributed by atoms with E-state index < -0.39 is 41.3 Å². The predicted octanol–water partition coefficient (Wildman–Crippen LogP) is 0.745. The summed E-state index contributed by atoms with van der Waals surface area (Å²) in [5.41, 5.74) is 0.801. The van der Waals surface area contributed by atoms with Crippen molar-refractivity contribution in [1.82, 2.24) is 30.4 Å². The molecule has 0 radical (unpaired) electrons. The zero-order chi connectivity index (χ0) is 25.9. The molecule has 3 aromatic rings. The van der Waals surface area contributed by atoms with Gasteiger partial charge in [-0.3, -0.25) is 14.5 Å². The molecule has 1 fully saturated rings. The van der Waals surface area contributed by atoms with E-state index in [0.29, 0.717) is 11.1 Å². The smallest absolute Gasteiger partial charge is 0.356 e. The molecule has 12 nitrogen and oxygen atoms in total. The Balaban J connectivity index is 1.39. The summed E-state index contributed by atoms with van der Waals surface area (Å²) >= 11 is 1.14. The van der Waals surface area contributed by atoms with Gasteiger partial charge in [0.15, 0.2) is 6.10 Å². The first-order chi connectivity index (χ1) is 17.9. The number of rotatable bonds is 8. The summed E-state index contributed by atoms with van der Waals surface area (Å²) in [4.78, 5) is 52.0. The Morgan fingerprint density at radius 2 is 1.73 bits per heavy atom. The summed E-state index contributed by atoms with van der Waals surface area (Å²) in [6.45, 7) is -0.199. The van der Waals surface area contributed by atoms with E-state index >= 15 is 0 Å². The molecule has 2 aromatic carbocycles. The van der Waals surface area contributed by atoms with Crippen molar-refractivity contribution in [1.29, 1.82) is 0 Å². The van der Waals surface area contributed by atoms with Gasteiger partial charge in [-0.25, -0.2) is 14.3 Å². The highest BCUT2D eigenvalue weighted by atomic mass is 32.2. The fraction of sp³-hybridized carbons (Fsp3) is 0.208. The normalized spacial score (nSPS) is 18.7. The topological polar surface area (TPSA) is 157 Å². The monoisotopic (exact) mass is 520 g/mol. The van der Waals surface area contributed by atoms with Crippen molar-refractivity contribution in [3.05, 3.63) is 89.4 Å². The van der Waals surface area contributed by atoms with Gasteiger partial charge in [-0.05, 0) is 21.6 Å². The maximum atomic E-state index is 13.5. The molecule has 3 heterocycles. The quantitative estimate of drug-likeness (QED) is 0.321. The lowest BCUT2D eigenvalue weighted by Crippen LogP contribution is -2.71. The van der Waals surface area contributed by atoms with E-state index in [0.717, 1.165) is 16.7 Å². The van der Waals surface area contributed by atoms with Gasteiger partial charge in [0.05, 0.1) is 5.57 Å². The second-order valence-electron chi connectivity index (χ2n) is 8.20. The Bertz CT molecular complexity index is 1330. The fourth-order valence-corrected chi connectivity index (χ4v) is 5.47. The molecule has 2 aliphatic rings. The predicted molar refractivity (Wildman–Crippen MR) is 128 cm³/mol. The zero-order valence-electron chi connectivity index (χ0n) is 19.1. The van der Waals surface area contributed by atoms with Gasteiger partial charge >= 0.3 is 11.9 Å². The molecule has 5 rings (SSSR count). The van der Waals surface area contributed by atoms with Crippen LogP contribution in [-0.2, 0) is 30.5 Å². The van der Waals surface area contributed by atoms with Crippen molar-refractivity contribution in [3.63, 3.8) is 0 Å². The number of carbonyl (C=O) groups excluding carboxylic acids is 3. The van der Waals surface area contributed by atoms with Crippen molar-refractivity contribution in [3.8, 4) is 0 Å². The minimum Gasteiger partial charge on any atom is -0.478 e. The molecular weight excluding hydrogens is 500 g/mol. The lowest BCUT2D eigenvalue weighted by molar-refractivity contribution is -0.155. The van der Waals surface area contributed by atoms with Crippen molar-refractivity contribution in [2.75, 3.05) is 5.75 Å². The molecule has 0 bridgehead atoms. The largest absolute Gasteiger partial charge is 0.478 e. The van der Waals surface area contributed by atoms with Crippen molar-refractivity contribution in [2.45, 2.75) is 24.1 Å². The van der Waals surface area contributed by atoms with Crippen LogP contribution < -0.4 is 5.32 Å². The molecule has 37 heavy (non-hydrogen) atoms. The molecule has 0 aliphatic carbocycles. The Labute approximate surface area is 214 Å². The number of nitrogens with one attached hydrogen (secondary N) is 1. The number of tetrazole rings is 1. The van der Waals surface area contributed by atoms with Crippen LogP contribution in [0.1, 0.15) is 17.2 Å². The highest BCUT2D eigenvalue weighted by molar-refractivity contribution is 8.00. The SMILES string of the molecule is O=C(Cn1cnnn1)NC1C(=O)N2C(C(=O)OC(c3ccccc3)c3ccccc3)=C(C(=O)O)CS[C@H]12. The molecule has 1 aromatic heterocycles. The van der Waals surface area contributed by atoms with Gasteiger partial charge in [0.1, 0.15) is 30.0 Å². The standard InChI is InChI=1S/C24H20N6O6S/c31-17(11-29-13-25-27-28-29)26-18-21(32)30-19(16(23(33)34)12-37-22(18)30)24(35)36-20(14-7-3-1-4-8-14)15-9-5-2-6-10-15/h1-10,13,18,20,22H,11-12H2,(H,26,31)(H,33,34)/t18?,22-/m1/s1. The number of carbonyl (C=O) groups is 4. The Kier molecular flexibility index (Phi) is 6.68. The minimum absolute atomic E-state index is 0.0467. The van der Waals surface area contributed by atoms with E-state index in [4.69, 9.17) is 4.74 Å². The number of amides is 2. The molecule has 2 amide bonds. The van der Waals surface area contributed by atoms with Crippen molar-refractivity contribution in [2.24, 2.45) is 0 Å². The second kappa shape index (κ2) is 10.2. The third-order valence-electron chi connectivity index (χ3n) is 5.86. The van der Waals surface area contributed by atoms with E-state index in [1.807, 2.05) is 12.1 Å². The van der Waals surface area contributed by atoms with Crippen LogP contribution in [0.4, 0.5) is 0 Å². The number of hydrogen-bond donors (Lipinski definition) is 2. The average Bonchev–Trinajstić information content (AvgIpc) is 3.43. The number of carboxylic acids is 1. The van der Waals surface area contributed by atoms with Gasteiger partial charge in [-0.1, -0.05) is 60.7 Å². The molecule has 2 atom stereocenters. The number of aliphatic carboxylic acids is 1. The number of benzene rings is 2. The van der Waals surface area contributed by atoms with Gasteiger partial charge in [-0.2, -0.15) is 0 Å². The highest BCUT2D eigenvalue weighted by Gasteiger charge is 2.55. The number of fused-ring (bicyclic) bond motifs is 1. The van der Waals surface area contributed by atoms with Crippen LogP contribution in [0.3, 0.4) is 0 Å². The van der Waals surface area contributed by atoms with E-state index in [9.17, 15) is 24.3 Å². The molecule has 0 saturated carbocycles. The van der Waals surface area contributed by atoms with Gasteiger partial charge < -0.3 is 15.2 Å². The number of carboxylic acid groups (broad SMARTS) is 1. The molecular formula is C24H20N6O6S. The summed E-state index contributed by atoms with van der Waals surface area (Å²) in [5, 5.41) is 22.2. The number of hydrogen-bond acceptors (Lipinski definition) is 9. The summed E-state index contributed by atoms with van der Waals surface area (Å²) in [6, 6.07) is 17.1. The highest BCUT2D eigenvalue weighted by Crippen LogP contribution is 2.41. The summed E-state index contributed by atoms with van der Waals surface area (Å²) in [5.74, 6) is -3.42. The number of ether oxygens (including phenoxy) is 1. The average molecular weight is 521 g/mol. The van der Waals surface area contributed by atoms with Gasteiger partial charge in [0, 0.05) is 5.75 Å². The minimum atomic E-state index is -1.33. The van der Waals surface area contributed by atoms with Gasteiger partial charge in [0.2, 0.25) is 5.91 Å². The second-order valence-corrected chi connectivity index (χ2v) is 9.31. The van der Waals surface area contributed by atoms with Crippen LogP contribution in [0.25, 0.3) is 0 Å². The maximum absolute atomic E-state index is 13.5. The van der Waals surface area contributed by atoms with E-state index in [1.54, 1.807) is 48.5 Å². The first-order valence-electron chi connectivity index (χ1n) is 11.2. The summed E-state index contributed by atoms with van der Waals surface area (Å²) in [6.07, 6.45) is 0.434. The van der Waals surface area contributed by atoms with E-state index in [1.165, 1.54) is 11.0 Å². The van der Waals surface area contributed by atoms with Crippen LogP contribution in [0.15, 0.2) is 78.3 Å². The number of aromatic nitrogens is 4. The Morgan fingerprint density at radius 1 is 1.08 bits per heavy atom. The molecule has 1 saturated heterocycles. The molecule has 2 N–H and O–H groups in total. The Morgan fingerprint density at radius 3 is 2.30 bits per heavy atom. The van der Waals surface area contributed by atoms with Crippen LogP contribution in [0.2, 0.25) is 0 Å². The number of β-lactam (4-membered cyclic amide) rings is 1. The van der Waals surface area contributed by atoms with Crippen LogP contribution >= 0.6 is 11.8 Å². The molecule has 188 valence electrons. The Hall–Kier alpha value is -4.52. The molecule has 1 unspecified atom stereocenters. The lowest BCUT2D eigenvalue weighted by Gasteiger charge is -2.49. The van der Waals surface area contributed by atoms with Crippen LogP contribution in [0, 0.1) is 0 Å². The first-order valence-corrected chi connectivity index (χ1v) is 12.2. The number of esters is 1. The van der Waals surface area contributed by atoms with E-state index in [-0.39, 0.29) is 23.6 Å². The third kappa shape index (κ3) is 4.80. The molecule has 0 spiro atoms. The van der Waals surface area contributed by atoms with Crippen molar-refractivity contribution < 1.29 is 29.0 Å². The third-order valence-corrected chi connectivity index (χ3v) is 7.14. The maximum Gasteiger partial charge on any atom is 0.356 e. The van der Waals surface area contributed by atoms with Crippen molar-refractivity contribution >= 4 is 35.5 Å².